The Morgan fingerprint density at radius 3 is 2.82 bits per heavy atom. The minimum Gasteiger partial charge on any atom is -0.488 e. The SMILES string of the molecule is CC(O)C1CCN(C(=O)NCC2Cc3ccccc3O2)CC1. The van der Waals surface area contributed by atoms with Crippen molar-refractivity contribution in [2.24, 2.45) is 5.92 Å². The van der Waals surface area contributed by atoms with Crippen molar-refractivity contribution in [1.29, 1.82) is 0 Å². The normalized spacial score (nSPS) is 22.8. The first-order chi connectivity index (χ1) is 10.6. The number of urea groups is 1. The van der Waals surface area contributed by atoms with E-state index in [0.717, 1.165) is 25.0 Å². The molecule has 2 amide bonds. The summed E-state index contributed by atoms with van der Waals surface area (Å²) < 4.78 is 5.83. The summed E-state index contributed by atoms with van der Waals surface area (Å²) in [4.78, 5) is 14.0. The molecule has 0 aliphatic carbocycles. The number of nitrogens with zero attached hydrogens (tertiary/aromatic N) is 1. The Morgan fingerprint density at radius 2 is 2.14 bits per heavy atom. The number of likely N-dealkylation sites (tertiary alicyclic amines) is 1. The molecular weight excluding hydrogens is 280 g/mol. The van der Waals surface area contributed by atoms with Gasteiger partial charge in [-0.15, -0.1) is 0 Å². The lowest BCUT2D eigenvalue weighted by molar-refractivity contribution is 0.0793. The van der Waals surface area contributed by atoms with E-state index in [9.17, 15) is 9.90 Å². The van der Waals surface area contributed by atoms with Crippen LogP contribution in [0.25, 0.3) is 0 Å². The average Bonchev–Trinajstić information content (AvgIpc) is 2.95. The number of piperidine rings is 1. The number of aliphatic hydroxyl groups is 1. The molecule has 0 aromatic heterocycles. The number of fused-ring (bicyclic) bond motifs is 1. The summed E-state index contributed by atoms with van der Waals surface area (Å²) in [5, 5.41) is 12.6. The van der Waals surface area contributed by atoms with Crippen molar-refractivity contribution in [3.8, 4) is 5.75 Å². The molecular formula is C17H24N2O3. The quantitative estimate of drug-likeness (QED) is 0.895. The van der Waals surface area contributed by atoms with Gasteiger partial charge in [-0.25, -0.2) is 4.79 Å². The van der Waals surface area contributed by atoms with Crippen molar-refractivity contribution < 1.29 is 14.6 Å². The smallest absolute Gasteiger partial charge is 0.317 e. The lowest BCUT2D eigenvalue weighted by Gasteiger charge is -2.33. The molecule has 2 aliphatic heterocycles. The Bertz CT molecular complexity index is 499. The van der Waals surface area contributed by atoms with Gasteiger partial charge in [0, 0.05) is 19.5 Å². The molecule has 2 unspecified atom stereocenters. The van der Waals surface area contributed by atoms with Gasteiger partial charge in [0.2, 0.25) is 0 Å². The highest BCUT2D eigenvalue weighted by molar-refractivity contribution is 5.74. The van der Waals surface area contributed by atoms with Crippen molar-refractivity contribution in [1.82, 2.24) is 10.2 Å². The van der Waals surface area contributed by atoms with Crippen molar-refractivity contribution >= 4 is 6.03 Å². The maximum absolute atomic E-state index is 12.2. The number of hydrogen-bond acceptors (Lipinski definition) is 3. The first-order valence-electron chi connectivity index (χ1n) is 8.09. The number of amides is 2. The van der Waals surface area contributed by atoms with E-state index < -0.39 is 0 Å². The van der Waals surface area contributed by atoms with Gasteiger partial charge in [0.1, 0.15) is 11.9 Å². The van der Waals surface area contributed by atoms with E-state index in [1.165, 1.54) is 5.56 Å². The molecule has 2 heterocycles. The van der Waals surface area contributed by atoms with Gasteiger partial charge in [-0.05, 0) is 37.3 Å². The van der Waals surface area contributed by atoms with Crippen molar-refractivity contribution in [2.75, 3.05) is 19.6 Å². The summed E-state index contributed by atoms with van der Waals surface area (Å²) in [6.07, 6.45) is 2.33. The highest BCUT2D eigenvalue weighted by atomic mass is 16.5. The average molecular weight is 304 g/mol. The number of aliphatic hydroxyl groups excluding tert-OH is 1. The Labute approximate surface area is 131 Å². The lowest BCUT2D eigenvalue weighted by atomic mass is 9.92. The molecule has 1 saturated heterocycles. The highest BCUT2D eigenvalue weighted by Crippen LogP contribution is 2.27. The first kappa shape index (κ1) is 15.2. The molecule has 120 valence electrons. The molecule has 1 fully saturated rings. The van der Waals surface area contributed by atoms with Crippen molar-refractivity contribution in [3.05, 3.63) is 29.8 Å². The predicted molar refractivity (Wildman–Crippen MR) is 83.9 cm³/mol. The van der Waals surface area contributed by atoms with Crippen LogP contribution in [0.2, 0.25) is 0 Å². The minimum atomic E-state index is -0.282. The Balaban J connectivity index is 1.42. The standard InChI is InChI=1S/C17H24N2O3/c1-12(20)13-6-8-19(9-7-13)17(21)18-11-15-10-14-4-2-3-5-16(14)22-15/h2-5,12-13,15,20H,6-11H2,1H3,(H,18,21). The molecule has 5 heteroatoms. The van der Waals surface area contributed by atoms with Gasteiger partial charge < -0.3 is 20.1 Å². The Morgan fingerprint density at radius 1 is 1.41 bits per heavy atom. The molecule has 0 saturated carbocycles. The third-order valence-electron chi connectivity index (χ3n) is 4.70. The summed E-state index contributed by atoms with van der Waals surface area (Å²) in [5.74, 6) is 1.25. The van der Waals surface area contributed by atoms with Crippen molar-refractivity contribution in [3.63, 3.8) is 0 Å². The summed E-state index contributed by atoms with van der Waals surface area (Å²) in [6, 6.07) is 7.99. The van der Waals surface area contributed by atoms with E-state index in [-0.39, 0.29) is 18.2 Å². The molecule has 2 N–H and O–H groups in total. The Hall–Kier alpha value is -1.75. The molecule has 0 radical (unpaired) electrons. The zero-order valence-electron chi connectivity index (χ0n) is 13.0. The van der Waals surface area contributed by atoms with E-state index in [1.807, 2.05) is 30.0 Å². The van der Waals surface area contributed by atoms with Crippen LogP contribution in [0.4, 0.5) is 4.79 Å². The number of rotatable bonds is 3. The third-order valence-corrected chi connectivity index (χ3v) is 4.70. The van der Waals surface area contributed by atoms with Gasteiger partial charge in [0.05, 0.1) is 12.6 Å². The van der Waals surface area contributed by atoms with Crippen LogP contribution in [0, 0.1) is 5.92 Å². The number of carbonyl (C=O) groups is 1. The van der Waals surface area contributed by atoms with E-state index in [2.05, 4.69) is 11.4 Å². The third kappa shape index (κ3) is 3.35. The molecule has 2 aliphatic rings. The number of carbonyl (C=O) groups excluding carboxylic acids is 1. The predicted octanol–water partition coefficient (Wildman–Crippen LogP) is 1.79. The van der Waals surface area contributed by atoms with Gasteiger partial charge in [0.15, 0.2) is 0 Å². The van der Waals surface area contributed by atoms with Gasteiger partial charge >= 0.3 is 6.03 Å². The monoisotopic (exact) mass is 304 g/mol. The van der Waals surface area contributed by atoms with E-state index in [0.29, 0.717) is 25.6 Å². The number of hydrogen-bond donors (Lipinski definition) is 2. The summed E-state index contributed by atoms with van der Waals surface area (Å²) in [5.41, 5.74) is 1.21. The second-order valence-electron chi connectivity index (χ2n) is 6.30. The van der Waals surface area contributed by atoms with Crippen LogP contribution in [0.1, 0.15) is 25.3 Å². The summed E-state index contributed by atoms with van der Waals surface area (Å²) in [6.45, 7) is 3.79. The maximum Gasteiger partial charge on any atom is 0.317 e. The molecule has 0 bridgehead atoms. The van der Waals surface area contributed by atoms with Crippen LogP contribution < -0.4 is 10.1 Å². The largest absolute Gasteiger partial charge is 0.488 e. The molecule has 0 spiro atoms. The van der Waals surface area contributed by atoms with Gasteiger partial charge in [-0.1, -0.05) is 18.2 Å². The molecule has 22 heavy (non-hydrogen) atoms. The summed E-state index contributed by atoms with van der Waals surface area (Å²) >= 11 is 0. The first-order valence-corrected chi connectivity index (χ1v) is 8.09. The minimum absolute atomic E-state index is 0.0244. The van der Waals surface area contributed by atoms with Crippen LogP contribution >= 0.6 is 0 Å². The zero-order chi connectivity index (χ0) is 15.5. The summed E-state index contributed by atoms with van der Waals surface area (Å²) in [7, 11) is 0. The fraction of sp³-hybridized carbons (Fsp3) is 0.588. The number of benzene rings is 1. The van der Waals surface area contributed by atoms with Crippen LogP contribution in [0.5, 0.6) is 5.75 Å². The second kappa shape index (κ2) is 6.57. The molecule has 3 rings (SSSR count). The second-order valence-corrected chi connectivity index (χ2v) is 6.30. The molecule has 1 aromatic carbocycles. The number of para-hydroxylation sites is 1. The van der Waals surface area contributed by atoms with Crippen LogP contribution in [-0.2, 0) is 6.42 Å². The van der Waals surface area contributed by atoms with E-state index in [1.54, 1.807) is 0 Å². The maximum atomic E-state index is 12.2. The Kier molecular flexibility index (Phi) is 4.52. The van der Waals surface area contributed by atoms with Gasteiger partial charge in [0.25, 0.3) is 0 Å². The fourth-order valence-electron chi connectivity index (χ4n) is 3.27. The van der Waals surface area contributed by atoms with E-state index in [4.69, 9.17) is 4.74 Å². The molecule has 1 aromatic rings. The molecule has 5 nitrogen and oxygen atoms in total. The fourth-order valence-corrected chi connectivity index (χ4v) is 3.27. The van der Waals surface area contributed by atoms with Crippen LogP contribution in [0.15, 0.2) is 24.3 Å². The van der Waals surface area contributed by atoms with Gasteiger partial charge in [-0.3, -0.25) is 0 Å². The van der Waals surface area contributed by atoms with Crippen LogP contribution in [0.3, 0.4) is 0 Å². The van der Waals surface area contributed by atoms with E-state index >= 15 is 0 Å². The topological polar surface area (TPSA) is 61.8 Å². The van der Waals surface area contributed by atoms with Gasteiger partial charge in [-0.2, -0.15) is 0 Å². The number of nitrogens with one attached hydrogen (secondary N) is 1. The number of ether oxygens (including phenoxy) is 1. The lowest BCUT2D eigenvalue weighted by Crippen LogP contribution is -2.47. The zero-order valence-corrected chi connectivity index (χ0v) is 13.0. The highest BCUT2D eigenvalue weighted by Gasteiger charge is 2.27. The van der Waals surface area contributed by atoms with Crippen molar-refractivity contribution in [2.45, 2.75) is 38.4 Å². The molecule has 2 atom stereocenters. The van der Waals surface area contributed by atoms with Crippen LogP contribution in [-0.4, -0.2) is 47.9 Å².